The summed E-state index contributed by atoms with van der Waals surface area (Å²) in [6.07, 6.45) is 2.06. The lowest BCUT2D eigenvalue weighted by atomic mass is 10.2. The number of ether oxygens (including phenoxy) is 2. The Balaban J connectivity index is 1.64. The van der Waals surface area contributed by atoms with Crippen LogP contribution in [0.3, 0.4) is 0 Å². The summed E-state index contributed by atoms with van der Waals surface area (Å²) in [6.45, 7) is 5.94. The molecule has 0 spiro atoms. The molecule has 0 radical (unpaired) electrons. The zero-order valence-electron chi connectivity index (χ0n) is 13.5. The number of benzene rings is 1. The minimum absolute atomic E-state index is 0.268. The highest BCUT2D eigenvalue weighted by Crippen LogP contribution is 2.34. The molecular weight excluding hydrogens is 312 g/mol. The Labute approximate surface area is 141 Å². The van der Waals surface area contributed by atoms with Crippen LogP contribution in [0.15, 0.2) is 24.4 Å². The first-order valence-corrected chi connectivity index (χ1v) is 7.92. The van der Waals surface area contributed by atoms with Gasteiger partial charge in [-0.25, -0.2) is 0 Å². The van der Waals surface area contributed by atoms with Crippen molar-refractivity contribution >= 4 is 23.0 Å². The number of thiocarbonyl (C=S) groups is 1. The number of anilines is 1. The maximum Gasteiger partial charge on any atom is 0.231 e. The van der Waals surface area contributed by atoms with Crippen molar-refractivity contribution in [3.05, 3.63) is 35.7 Å². The van der Waals surface area contributed by atoms with Gasteiger partial charge in [0.05, 0.1) is 5.69 Å². The van der Waals surface area contributed by atoms with Gasteiger partial charge in [-0.2, -0.15) is 5.10 Å². The molecule has 0 bridgehead atoms. The van der Waals surface area contributed by atoms with Crippen molar-refractivity contribution in [1.82, 2.24) is 14.7 Å². The van der Waals surface area contributed by atoms with Crippen LogP contribution in [0.4, 0.5) is 5.69 Å². The zero-order chi connectivity index (χ0) is 16.4. The SMILES string of the molecule is CCn1cc(CN(C)C(=S)Nc2ccc3c(c2)OCO3)c(C)n1. The van der Waals surface area contributed by atoms with Crippen LogP contribution in [0.2, 0.25) is 0 Å². The molecule has 3 rings (SSSR count). The number of hydrogen-bond donors (Lipinski definition) is 1. The summed E-state index contributed by atoms with van der Waals surface area (Å²) >= 11 is 5.48. The van der Waals surface area contributed by atoms with Gasteiger partial charge in [0, 0.05) is 43.7 Å². The first-order valence-electron chi connectivity index (χ1n) is 7.51. The summed E-state index contributed by atoms with van der Waals surface area (Å²) in [4.78, 5) is 1.99. The van der Waals surface area contributed by atoms with Gasteiger partial charge in [0.2, 0.25) is 6.79 Å². The van der Waals surface area contributed by atoms with Crippen LogP contribution in [0.1, 0.15) is 18.2 Å². The van der Waals surface area contributed by atoms with Gasteiger partial charge in [-0.05, 0) is 38.2 Å². The fraction of sp³-hybridized carbons (Fsp3) is 0.375. The molecule has 0 saturated heterocycles. The Morgan fingerprint density at radius 3 is 2.91 bits per heavy atom. The van der Waals surface area contributed by atoms with Gasteiger partial charge in [-0.1, -0.05) is 0 Å². The molecule has 6 nitrogen and oxygen atoms in total. The highest BCUT2D eigenvalue weighted by Gasteiger charge is 2.15. The second-order valence-electron chi connectivity index (χ2n) is 5.45. The van der Waals surface area contributed by atoms with Crippen molar-refractivity contribution in [1.29, 1.82) is 0 Å². The highest BCUT2D eigenvalue weighted by molar-refractivity contribution is 7.80. The minimum Gasteiger partial charge on any atom is -0.454 e. The van der Waals surface area contributed by atoms with Crippen LogP contribution in [0.5, 0.6) is 11.5 Å². The van der Waals surface area contributed by atoms with Gasteiger partial charge >= 0.3 is 0 Å². The van der Waals surface area contributed by atoms with Crippen LogP contribution >= 0.6 is 12.2 Å². The van der Waals surface area contributed by atoms with Gasteiger partial charge in [0.15, 0.2) is 16.6 Å². The van der Waals surface area contributed by atoms with Crippen LogP contribution in [0, 0.1) is 6.92 Å². The largest absolute Gasteiger partial charge is 0.454 e. The summed E-state index contributed by atoms with van der Waals surface area (Å²) in [5.74, 6) is 1.50. The smallest absolute Gasteiger partial charge is 0.231 e. The molecule has 0 amide bonds. The topological polar surface area (TPSA) is 51.5 Å². The number of aryl methyl sites for hydroxylation is 2. The molecule has 23 heavy (non-hydrogen) atoms. The second kappa shape index (κ2) is 6.45. The quantitative estimate of drug-likeness (QED) is 0.869. The van der Waals surface area contributed by atoms with Crippen molar-refractivity contribution in [2.75, 3.05) is 19.2 Å². The van der Waals surface area contributed by atoms with Crippen LogP contribution in [-0.4, -0.2) is 33.6 Å². The number of nitrogens with one attached hydrogen (secondary N) is 1. The highest BCUT2D eigenvalue weighted by atomic mass is 32.1. The maximum absolute atomic E-state index is 5.48. The summed E-state index contributed by atoms with van der Waals surface area (Å²) in [7, 11) is 1.96. The molecule has 1 aromatic carbocycles. The third-order valence-corrected chi connectivity index (χ3v) is 4.16. The summed E-state index contributed by atoms with van der Waals surface area (Å²) < 4.78 is 12.6. The lowest BCUT2D eigenvalue weighted by Crippen LogP contribution is -2.30. The molecule has 1 aliphatic heterocycles. The van der Waals surface area contributed by atoms with E-state index < -0.39 is 0 Å². The van der Waals surface area contributed by atoms with E-state index >= 15 is 0 Å². The summed E-state index contributed by atoms with van der Waals surface area (Å²) in [6, 6.07) is 5.69. The number of rotatable bonds is 4. The molecular formula is C16H20N4O2S. The van der Waals surface area contributed by atoms with Crippen LogP contribution in [-0.2, 0) is 13.1 Å². The average molecular weight is 332 g/mol. The second-order valence-corrected chi connectivity index (χ2v) is 5.84. The van der Waals surface area contributed by atoms with Crippen molar-refractivity contribution in [2.24, 2.45) is 0 Å². The van der Waals surface area contributed by atoms with Crippen LogP contribution < -0.4 is 14.8 Å². The molecule has 2 heterocycles. The molecule has 1 aliphatic rings. The lowest BCUT2D eigenvalue weighted by molar-refractivity contribution is 0.174. The molecule has 1 aromatic heterocycles. The minimum atomic E-state index is 0.268. The molecule has 0 atom stereocenters. The Hall–Kier alpha value is -2.28. The molecule has 0 saturated carbocycles. The summed E-state index contributed by atoms with van der Waals surface area (Å²) in [5, 5.41) is 8.33. The third kappa shape index (κ3) is 3.39. The van der Waals surface area contributed by atoms with Crippen molar-refractivity contribution < 1.29 is 9.47 Å². The van der Waals surface area contributed by atoms with E-state index in [9.17, 15) is 0 Å². The average Bonchev–Trinajstić information content (AvgIpc) is 3.13. The summed E-state index contributed by atoms with van der Waals surface area (Å²) in [5.41, 5.74) is 3.08. The third-order valence-electron chi connectivity index (χ3n) is 3.75. The van der Waals surface area contributed by atoms with E-state index in [0.29, 0.717) is 11.7 Å². The van der Waals surface area contributed by atoms with Crippen molar-refractivity contribution in [3.8, 4) is 11.5 Å². The van der Waals surface area contributed by atoms with Gasteiger partial charge in [0.1, 0.15) is 0 Å². The lowest BCUT2D eigenvalue weighted by Gasteiger charge is -2.21. The van der Waals surface area contributed by atoms with Crippen molar-refractivity contribution in [3.63, 3.8) is 0 Å². The van der Waals surface area contributed by atoms with Crippen molar-refractivity contribution in [2.45, 2.75) is 26.9 Å². The Bertz CT molecular complexity index is 729. The van der Waals surface area contributed by atoms with Gasteiger partial charge in [-0.3, -0.25) is 4.68 Å². The standard InChI is InChI=1S/C16H20N4O2S/c1-4-20-9-12(11(2)18-20)8-19(3)16(23)17-13-5-6-14-15(7-13)22-10-21-14/h5-7,9H,4,8,10H2,1-3H3,(H,17,23). The van der Waals surface area contributed by atoms with Gasteiger partial charge in [-0.15, -0.1) is 0 Å². The predicted octanol–water partition coefficient (Wildman–Crippen LogP) is 2.77. The van der Waals surface area contributed by atoms with E-state index in [-0.39, 0.29) is 6.79 Å². The Morgan fingerprint density at radius 2 is 2.17 bits per heavy atom. The number of hydrogen-bond acceptors (Lipinski definition) is 4. The Morgan fingerprint density at radius 1 is 1.39 bits per heavy atom. The Kier molecular flexibility index (Phi) is 4.38. The monoisotopic (exact) mass is 332 g/mol. The van der Waals surface area contributed by atoms with E-state index in [1.807, 2.05) is 41.8 Å². The van der Waals surface area contributed by atoms with Gasteiger partial charge in [0.25, 0.3) is 0 Å². The fourth-order valence-corrected chi connectivity index (χ4v) is 2.58. The first kappa shape index (κ1) is 15.6. The molecule has 1 N–H and O–H groups in total. The van der Waals surface area contributed by atoms with Gasteiger partial charge < -0.3 is 19.7 Å². The normalized spacial score (nSPS) is 12.3. The van der Waals surface area contributed by atoms with Crippen LogP contribution in [0.25, 0.3) is 0 Å². The predicted molar refractivity (Wildman–Crippen MR) is 92.9 cm³/mol. The molecule has 0 unspecified atom stereocenters. The maximum atomic E-state index is 5.48. The molecule has 2 aromatic rings. The molecule has 0 aliphatic carbocycles. The number of aromatic nitrogens is 2. The fourth-order valence-electron chi connectivity index (χ4n) is 2.40. The van der Waals surface area contributed by atoms with E-state index in [1.54, 1.807) is 0 Å². The molecule has 7 heteroatoms. The number of nitrogens with zero attached hydrogens (tertiary/aromatic N) is 3. The van der Waals surface area contributed by atoms with E-state index in [4.69, 9.17) is 21.7 Å². The zero-order valence-corrected chi connectivity index (χ0v) is 14.3. The van der Waals surface area contributed by atoms with E-state index in [2.05, 4.69) is 23.5 Å². The van der Waals surface area contributed by atoms with E-state index in [1.165, 1.54) is 5.56 Å². The van der Waals surface area contributed by atoms with E-state index in [0.717, 1.165) is 29.4 Å². The number of fused-ring (bicyclic) bond motifs is 1. The molecule has 0 fully saturated rings. The molecule has 122 valence electrons. The first-order chi connectivity index (χ1) is 11.1.